The van der Waals surface area contributed by atoms with Gasteiger partial charge in [-0.2, -0.15) is 0 Å². The van der Waals surface area contributed by atoms with Crippen LogP contribution < -0.4 is 10.1 Å². The second-order valence-corrected chi connectivity index (χ2v) is 5.44. The van der Waals surface area contributed by atoms with Gasteiger partial charge in [0.15, 0.2) is 6.04 Å². The van der Waals surface area contributed by atoms with Crippen molar-refractivity contribution >= 4 is 27.8 Å². The zero-order valence-corrected chi connectivity index (χ0v) is 14.6. The molecule has 1 aromatic rings. The molecular formula is C15H20BrNO6. The van der Waals surface area contributed by atoms with Gasteiger partial charge in [0.1, 0.15) is 5.75 Å². The van der Waals surface area contributed by atoms with E-state index in [9.17, 15) is 14.7 Å². The van der Waals surface area contributed by atoms with Crippen molar-refractivity contribution in [2.75, 3.05) is 34.0 Å². The number of halogens is 1. The summed E-state index contributed by atoms with van der Waals surface area (Å²) in [6.07, 6.45) is 0.0742. The molecule has 128 valence electrons. The second-order valence-electron chi connectivity index (χ2n) is 4.59. The van der Waals surface area contributed by atoms with Crippen molar-refractivity contribution in [3.8, 4) is 5.75 Å². The van der Waals surface area contributed by atoms with Crippen LogP contribution in [0.25, 0.3) is 0 Å². The van der Waals surface area contributed by atoms with E-state index in [4.69, 9.17) is 14.2 Å². The number of methoxy groups -OCH3 is 2. The summed E-state index contributed by atoms with van der Waals surface area (Å²) in [5.74, 6) is -0.965. The van der Waals surface area contributed by atoms with Gasteiger partial charge in [0.25, 0.3) is 0 Å². The molecule has 0 aromatic heterocycles. The van der Waals surface area contributed by atoms with Gasteiger partial charge in [-0.3, -0.25) is 4.79 Å². The predicted octanol–water partition coefficient (Wildman–Crippen LogP) is 1.75. The molecule has 1 amide bonds. The van der Waals surface area contributed by atoms with Gasteiger partial charge in [0, 0.05) is 13.5 Å². The van der Waals surface area contributed by atoms with Crippen LogP contribution in [0, 0.1) is 0 Å². The van der Waals surface area contributed by atoms with Gasteiger partial charge in [-0.05, 0) is 33.6 Å². The molecule has 8 heteroatoms. The number of carboxylic acids is 1. The van der Waals surface area contributed by atoms with Crippen LogP contribution in [0.3, 0.4) is 0 Å². The van der Waals surface area contributed by atoms with Crippen LogP contribution in [-0.2, 0) is 19.1 Å². The highest BCUT2D eigenvalue weighted by atomic mass is 79.9. The Labute approximate surface area is 143 Å². The fourth-order valence-electron chi connectivity index (χ4n) is 1.79. The van der Waals surface area contributed by atoms with E-state index < -0.39 is 17.9 Å². The second kappa shape index (κ2) is 10.2. The summed E-state index contributed by atoms with van der Waals surface area (Å²) in [6.45, 7) is 1.03. The number of hydrogen-bond donors (Lipinski definition) is 2. The minimum Gasteiger partial charge on any atom is -0.496 e. The van der Waals surface area contributed by atoms with Gasteiger partial charge < -0.3 is 24.6 Å². The lowest BCUT2D eigenvalue weighted by molar-refractivity contribution is -0.142. The monoisotopic (exact) mass is 389 g/mol. The number of carbonyl (C=O) groups is 2. The topological polar surface area (TPSA) is 94.1 Å². The molecule has 7 nitrogen and oxygen atoms in total. The minimum absolute atomic E-state index is 0.0742. The Kier molecular flexibility index (Phi) is 8.60. The molecule has 1 rings (SSSR count). The number of aliphatic carboxylic acids is 1. The average molecular weight is 390 g/mol. The number of amides is 1. The van der Waals surface area contributed by atoms with Crippen LogP contribution in [0.2, 0.25) is 0 Å². The summed E-state index contributed by atoms with van der Waals surface area (Å²) in [5.41, 5.74) is 0.443. The number of ether oxygens (including phenoxy) is 3. The van der Waals surface area contributed by atoms with Crippen LogP contribution in [0.5, 0.6) is 5.75 Å². The summed E-state index contributed by atoms with van der Waals surface area (Å²) in [5, 5.41) is 11.8. The molecular weight excluding hydrogens is 370 g/mol. The summed E-state index contributed by atoms with van der Waals surface area (Å²) in [7, 11) is 3.07. The third-order valence-corrected chi connectivity index (χ3v) is 3.59. The molecule has 0 aliphatic carbocycles. The Balaban J connectivity index is 2.63. The fourth-order valence-corrected chi connectivity index (χ4v) is 2.35. The van der Waals surface area contributed by atoms with E-state index in [1.807, 2.05) is 0 Å². The standard InChI is InChI=1S/C15H20BrNO6/c1-21-7-8-23-6-5-13(18)17-14(15(19)20)10-3-4-12(22-2)11(16)9-10/h3-4,9,14H,5-8H2,1-2H3,(H,17,18)(H,19,20). The maximum atomic E-state index is 11.8. The zero-order valence-electron chi connectivity index (χ0n) is 13.0. The maximum absolute atomic E-state index is 11.8. The minimum atomic E-state index is -1.14. The Morgan fingerprint density at radius 1 is 1.26 bits per heavy atom. The van der Waals surface area contributed by atoms with Crippen LogP contribution in [-0.4, -0.2) is 51.0 Å². The highest BCUT2D eigenvalue weighted by Gasteiger charge is 2.22. The summed E-state index contributed by atoms with van der Waals surface area (Å²) in [4.78, 5) is 23.3. The van der Waals surface area contributed by atoms with E-state index in [0.717, 1.165) is 0 Å². The van der Waals surface area contributed by atoms with E-state index in [-0.39, 0.29) is 13.0 Å². The van der Waals surface area contributed by atoms with Crippen molar-refractivity contribution in [2.45, 2.75) is 12.5 Å². The van der Waals surface area contributed by atoms with Crippen LogP contribution in [0.4, 0.5) is 0 Å². The Morgan fingerprint density at radius 3 is 2.57 bits per heavy atom. The van der Waals surface area contributed by atoms with Gasteiger partial charge in [0.2, 0.25) is 5.91 Å². The number of benzene rings is 1. The normalized spacial score (nSPS) is 11.8. The highest BCUT2D eigenvalue weighted by molar-refractivity contribution is 9.10. The van der Waals surface area contributed by atoms with Crippen molar-refractivity contribution in [3.05, 3.63) is 28.2 Å². The Bertz CT molecular complexity index is 537. The molecule has 1 aromatic carbocycles. The molecule has 0 saturated heterocycles. The largest absolute Gasteiger partial charge is 0.496 e. The molecule has 0 fully saturated rings. The number of hydrogen-bond acceptors (Lipinski definition) is 5. The molecule has 0 saturated carbocycles. The van der Waals surface area contributed by atoms with Gasteiger partial charge >= 0.3 is 5.97 Å². The zero-order chi connectivity index (χ0) is 17.2. The van der Waals surface area contributed by atoms with Gasteiger partial charge in [-0.1, -0.05) is 6.07 Å². The molecule has 0 heterocycles. The average Bonchev–Trinajstić information content (AvgIpc) is 2.52. The molecule has 0 spiro atoms. The van der Waals surface area contributed by atoms with Crippen molar-refractivity contribution in [1.82, 2.24) is 5.32 Å². The van der Waals surface area contributed by atoms with E-state index in [2.05, 4.69) is 21.2 Å². The number of nitrogens with one attached hydrogen (secondary N) is 1. The van der Waals surface area contributed by atoms with Gasteiger partial charge in [-0.25, -0.2) is 4.79 Å². The molecule has 23 heavy (non-hydrogen) atoms. The number of carboxylic acid groups (broad SMARTS) is 1. The third kappa shape index (κ3) is 6.55. The van der Waals surface area contributed by atoms with Crippen molar-refractivity contribution in [2.24, 2.45) is 0 Å². The van der Waals surface area contributed by atoms with Crippen molar-refractivity contribution < 1.29 is 28.9 Å². The Morgan fingerprint density at radius 2 is 2.00 bits per heavy atom. The molecule has 0 bridgehead atoms. The van der Waals surface area contributed by atoms with E-state index >= 15 is 0 Å². The first kappa shape index (κ1) is 19.4. The van der Waals surface area contributed by atoms with Crippen LogP contribution in [0.1, 0.15) is 18.0 Å². The molecule has 0 aliphatic heterocycles. The smallest absolute Gasteiger partial charge is 0.330 e. The lowest BCUT2D eigenvalue weighted by atomic mass is 10.1. The molecule has 0 radical (unpaired) electrons. The first-order valence-electron chi connectivity index (χ1n) is 6.92. The molecule has 1 unspecified atom stereocenters. The SMILES string of the molecule is COCCOCCC(=O)NC(C(=O)O)c1ccc(OC)c(Br)c1. The number of carbonyl (C=O) groups excluding carboxylic acids is 1. The van der Waals surface area contributed by atoms with Crippen LogP contribution in [0.15, 0.2) is 22.7 Å². The third-order valence-electron chi connectivity index (χ3n) is 2.97. The fraction of sp³-hybridized carbons (Fsp3) is 0.467. The maximum Gasteiger partial charge on any atom is 0.330 e. The van der Waals surface area contributed by atoms with E-state index in [0.29, 0.717) is 29.0 Å². The lowest BCUT2D eigenvalue weighted by Gasteiger charge is -2.16. The summed E-state index contributed by atoms with van der Waals surface area (Å²) < 4.78 is 15.7. The quantitative estimate of drug-likeness (QED) is 0.592. The molecule has 0 aliphatic rings. The summed E-state index contributed by atoms with van der Waals surface area (Å²) in [6, 6.07) is 3.70. The van der Waals surface area contributed by atoms with E-state index in [1.165, 1.54) is 7.11 Å². The van der Waals surface area contributed by atoms with Crippen molar-refractivity contribution in [3.63, 3.8) is 0 Å². The van der Waals surface area contributed by atoms with Gasteiger partial charge in [0.05, 0.1) is 31.4 Å². The molecule has 2 N–H and O–H groups in total. The lowest BCUT2D eigenvalue weighted by Crippen LogP contribution is -2.34. The Hall–Kier alpha value is -1.64. The number of rotatable bonds is 10. The summed E-state index contributed by atoms with van der Waals surface area (Å²) >= 11 is 3.29. The highest BCUT2D eigenvalue weighted by Crippen LogP contribution is 2.28. The van der Waals surface area contributed by atoms with Gasteiger partial charge in [-0.15, -0.1) is 0 Å². The van der Waals surface area contributed by atoms with E-state index in [1.54, 1.807) is 25.3 Å². The van der Waals surface area contributed by atoms with Crippen LogP contribution >= 0.6 is 15.9 Å². The predicted molar refractivity (Wildman–Crippen MR) is 86.5 cm³/mol. The first-order chi connectivity index (χ1) is 11.0. The first-order valence-corrected chi connectivity index (χ1v) is 7.71. The molecule has 1 atom stereocenters. The van der Waals surface area contributed by atoms with Crippen molar-refractivity contribution in [1.29, 1.82) is 0 Å².